The van der Waals surface area contributed by atoms with Crippen LogP contribution in [0.2, 0.25) is 5.02 Å². The molecule has 0 saturated heterocycles. The third kappa shape index (κ3) is 3.57. The molecule has 2 aromatic heterocycles. The van der Waals surface area contributed by atoms with E-state index >= 15 is 0 Å². The number of hydrogen-bond acceptors (Lipinski definition) is 5. The van der Waals surface area contributed by atoms with Crippen LogP contribution in [0.3, 0.4) is 0 Å². The fourth-order valence-corrected chi connectivity index (χ4v) is 2.92. The fraction of sp³-hybridized carbons (Fsp3) is 0.150. The van der Waals surface area contributed by atoms with Crippen LogP contribution >= 0.6 is 11.6 Å². The maximum absolute atomic E-state index is 6.04. The van der Waals surface area contributed by atoms with Crippen LogP contribution in [0.1, 0.15) is 18.7 Å². The largest absolute Gasteiger partial charge is 0.454 e. The molecule has 0 N–H and O–H groups in total. The highest BCUT2D eigenvalue weighted by molar-refractivity contribution is 6.30. The first-order chi connectivity index (χ1) is 13.1. The van der Waals surface area contributed by atoms with Crippen molar-refractivity contribution in [3.63, 3.8) is 0 Å². The van der Waals surface area contributed by atoms with Gasteiger partial charge in [-0.05, 0) is 19.1 Å². The summed E-state index contributed by atoms with van der Waals surface area (Å²) in [6, 6.07) is 19.5. The van der Waals surface area contributed by atoms with E-state index < -0.39 is 0 Å². The van der Waals surface area contributed by atoms with Gasteiger partial charge in [0.2, 0.25) is 0 Å². The monoisotopic (exact) mass is 380 g/mol. The van der Waals surface area contributed by atoms with Crippen molar-refractivity contribution in [1.82, 2.24) is 19.9 Å². The van der Waals surface area contributed by atoms with Crippen molar-refractivity contribution in [3.05, 3.63) is 71.4 Å². The molecule has 2 aromatic carbocycles. The average Bonchev–Trinajstić information content (AvgIpc) is 3.31. The second-order valence-corrected chi connectivity index (χ2v) is 6.55. The zero-order valence-corrected chi connectivity index (χ0v) is 15.6. The Labute approximate surface area is 161 Å². The lowest BCUT2D eigenvalue weighted by Gasteiger charge is -2.10. The van der Waals surface area contributed by atoms with Crippen LogP contribution in [-0.4, -0.2) is 19.9 Å². The Morgan fingerprint density at radius 3 is 2.56 bits per heavy atom. The van der Waals surface area contributed by atoms with Gasteiger partial charge in [-0.2, -0.15) is 0 Å². The Morgan fingerprint density at radius 2 is 1.78 bits per heavy atom. The van der Waals surface area contributed by atoms with Crippen LogP contribution in [0.4, 0.5) is 0 Å². The van der Waals surface area contributed by atoms with Gasteiger partial charge in [-0.1, -0.05) is 64.3 Å². The lowest BCUT2D eigenvalue weighted by Crippen LogP contribution is -2.07. The Kier molecular flexibility index (Phi) is 4.64. The van der Waals surface area contributed by atoms with Gasteiger partial charge in [0.25, 0.3) is 0 Å². The molecular formula is C20H17ClN4O2. The summed E-state index contributed by atoms with van der Waals surface area (Å²) in [6.45, 7) is 1.89. The van der Waals surface area contributed by atoms with Crippen molar-refractivity contribution < 1.29 is 9.26 Å². The molecule has 0 unspecified atom stereocenters. The molecule has 4 aromatic rings. The lowest BCUT2D eigenvalue weighted by molar-refractivity contribution is 0.190. The molecule has 0 saturated carbocycles. The summed E-state index contributed by atoms with van der Waals surface area (Å²) < 4.78 is 13.2. The molecule has 4 rings (SSSR count). The van der Waals surface area contributed by atoms with Gasteiger partial charge in [0.1, 0.15) is 11.8 Å². The van der Waals surface area contributed by atoms with Crippen LogP contribution in [-0.2, 0) is 7.05 Å². The van der Waals surface area contributed by atoms with Crippen molar-refractivity contribution in [2.24, 2.45) is 7.05 Å². The zero-order chi connectivity index (χ0) is 18.8. The second kappa shape index (κ2) is 7.25. The van der Waals surface area contributed by atoms with Gasteiger partial charge < -0.3 is 9.26 Å². The summed E-state index contributed by atoms with van der Waals surface area (Å²) in [6.07, 6.45) is -0.354. The van der Waals surface area contributed by atoms with Gasteiger partial charge in [0.15, 0.2) is 11.6 Å². The molecule has 0 amide bonds. The van der Waals surface area contributed by atoms with Gasteiger partial charge >= 0.3 is 6.01 Å². The van der Waals surface area contributed by atoms with Gasteiger partial charge in [0, 0.05) is 29.3 Å². The summed E-state index contributed by atoms with van der Waals surface area (Å²) in [7, 11) is 1.87. The number of hydrogen-bond donors (Lipinski definition) is 0. The maximum atomic E-state index is 6.04. The topological polar surface area (TPSA) is 66.0 Å². The highest BCUT2D eigenvalue weighted by Crippen LogP contribution is 2.28. The molecule has 1 atom stereocenters. The van der Waals surface area contributed by atoms with Crippen LogP contribution in [0.25, 0.3) is 22.7 Å². The second-order valence-electron chi connectivity index (χ2n) is 6.12. The molecular weight excluding hydrogens is 364 g/mol. The van der Waals surface area contributed by atoms with E-state index in [-0.39, 0.29) is 6.10 Å². The van der Waals surface area contributed by atoms with Gasteiger partial charge in [0.05, 0.1) is 0 Å². The predicted octanol–water partition coefficient (Wildman–Crippen LogP) is 4.93. The Balaban J connectivity index is 1.53. The van der Waals surface area contributed by atoms with E-state index in [1.54, 1.807) is 0 Å². The summed E-state index contributed by atoms with van der Waals surface area (Å²) in [4.78, 5) is 0. The molecule has 136 valence electrons. The van der Waals surface area contributed by atoms with Crippen LogP contribution < -0.4 is 4.74 Å². The highest BCUT2D eigenvalue weighted by atomic mass is 35.5. The van der Waals surface area contributed by atoms with E-state index in [0.717, 1.165) is 17.0 Å². The van der Waals surface area contributed by atoms with E-state index in [1.165, 1.54) is 0 Å². The lowest BCUT2D eigenvalue weighted by atomic mass is 10.1. The molecule has 0 fully saturated rings. The van der Waals surface area contributed by atoms with Gasteiger partial charge in [-0.15, -0.1) is 5.10 Å². The van der Waals surface area contributed by atoms with Crippen LogP contribution in [0.5, 0.6) is 6.01 Å². The number of benzene rings is 2. The van der Waals surface area contributed by atoms with Crippen molar-refractivity contribution >= 4 is 11.6 Å². The first kappa shape index (κ1) is 17.3. The maximum Gasteiger partial charge on any atom is 0.317 e. The molecule has 0 aliphatic rings. The number of nitrogens with zero attached hydrogens (tertiary/aromatic N) is 4. The molecule has 2 heterocycles. The van der Waals surface area contributed by atoms with Gasteiger partial charge in [-0.25, -0.2) is 0 Å². The van der Waals surface area contributed by atoms with E-state index in [1.807, 2.05) is 79.2 Å². The number of halogens is 1. The molecule has 7 heteroatoms. The van der Waals surface area contributed by atoms with Crippen molar-refractivity contribution in [3.8, 4) is 28.7 Å². The first-order valence-corrected chi connectivity index (χ1v) is 8.83. The van der Waals surface area contributed by atoms with E-state index in [9.17, 15) is 0 Å². The number of ether oxygens (including phenoxy) is 1. The third-order valence-corrected chi connectivity index (χ3v) is 4.44. The van der Waals surface area contributed by atoms with E-state index in [0.29, 0.717) is 22.5 Å². The summed E-state index contributed by atoms with van der Waals surface area (Å²) in [5.74, 6) is 1.36. The first-order valence-electron chi connectivity index (χ1n) is 8.46. The Bertz CT molecular complexity index is 1060. The number of rotatable bonds is 5. The SMILES string of the molecule is C[C@@H](Oc1nnc(-c2ccccc2)n1C)c1cc(-c2cccc(Cl)c2)on1. The Hall–Kier alpha value is -3.12. The zero-order valence-electron chi connectivity index (χ0n) is 14.8. The summed E-state index contributed by atoms with van der Waals surface area (Å²) in [5.41, 5.74) is 2.49. The molecule has 0 radical (unpaired) electrons. The third-order valence-electron chi connectivity index (χ3n) is 4.20. The average molecular weight is 381 g/mol. The quantitative estimate of drug-likeness (QED) is 0.491. The Morgan fingerprint density at radius 1 is 1.00 bits per heavy atom. The van der Waals surface area contributed by atoms with Crippen LogP contribution in [0.15, 0.2) is 65.2 Å². The molecule has 0 bridgehead atoms. The molecule has 0 aliphatic carbocycles. The predicted molar refractivity (Wildman–Crippen MR) is 102 cm³/mol. The smallest absolute Gasteiger partial charge is 0.317 e. The van der Waals surface area contributed by atoms with Crippen molar-refractivity contribution in [2.45, 2.75) is 13.0 Å². The standard InChI is InChI=1S/C20H17ClN4O2/c1-13(17-12-18(27-24-17)15-9-6-10-16(21)11-15)26-20-23-22-19(25(20)2)14-7-4-3-5-8-14/h3-13H,1-2H3/t13-/m1/s1. The van der Waals surface area contributed by atoms with Gasteiger partial charge in [-0.3, -0.25) is 4.57 Å². The summed E-state index contributed by atoms with van der Waals surface area (Å²) in [5, 5.41) is 13.1. The molecule has 0 aliphatic heterocycles. The normalized spacial score (nSPS) is 12.1. The van der Waals surface area contributed by atoms with E-state index in [2.05, 4.69) is 15.4 Å². The molecule has 27 heavy (non-hydrogen) atoms. The van der Waals surface area contributed by atoms with Crippen molar-refractivity contribution in [2.75, 3.05) is 0 Å². The highest BCUT2D eigenvalue weighted by Gasteiger charge is 2.19. The molecule has 0 spiro atoms. The van der Waals surface area contributed by atoms with Crippen molar-refractivity contribution in [1.29, 1.82) is 0 Å². The number of aromatic nitrogens is 4. The van der Waals surface area contributed by atoms with Crippen LogP contribution in [0, 0.1) is 0 Å². The molecule has 6 nitrogen and oxygen atoms in total. The minimum Gasteiger partial charge on any atom is -0.454 e. The minimum atomic E-state index is -0.354. The van der Waals surface area contributed by atoms with E-state index in [4.69, 9.17) is 20.9 Å². The minimum absolute atomic E-state index is 0.354. The summed E-state index contributed by atoms with van der Waals surface area (Å²) >= 11 is 6.04. The fourth-order valence-electron chi connectivity index (χ4n) is 2.73.